The lowest BCUT2D eigenvalue weighted by atomic mass is 10.2. The summed E-state index contributed by atoms with van der Waals surface area (Å²) < 4.78 is 0. The third-order valence-corrected chi connectivity index (χ3v) is 2.91. The first-order valence-corrected chi connectivity index (χ1v) is 5.22. The molecule has 0 rings (SSSR count). The van der Waals surface area contributed by atoms with Gasteiger partial charge in [0.05, 0.1) is 5.92 Å². The summed E-state index contributed by atoms with van der Waals surface area (Å²) >= 11 is 1.41. The van der Waals surface area contributed by atoms with E-state index in [4.69, 9.17) is 5.21 Å². The number of rotatable bonds is 4. The normalized spacial score (nSPS) is 13.9. The van der Waals surface area contributed by atoms with Crippen molar-refractivity contribution in [1.29, 1.82) is 0 Å². The molecule has 0 saturated carbocycles. The quantitative estimate of drug-likeness (QED) is 0.314. The van der Waals surface area contributed by atoms with Crippen LogP contribution >= 0.6 is 11.8 Å². The van der Waals surface area contributed by atoms with E-state index in [0.717, 1.165) is 12.2 Å². The van der Waals surface area contributed by atoms with Crippen molar-refractivity contribution < 1.29 is 10.0 Å². The van der Waals surface area contributed by atoms with Crippen LogP contribution in [0.5, 0.6) is 0 Å². The first kappa shape index (κ1) is 12.3. The largest absolute Gasteiger partial charge is 0.410 e. The minimum absolute atomic E-state index is 0.128. The van der Waals surface area contributed by atoms with Gasteiger partial charge in [0.25, 0.3) is 0 Å². The van der Waals surface area contributed by atoms with Gasteiger partial charge >= 0.3 is 0 Å². The molecule has 76 valence electrons. The predicted molar refractivity (Wildman–Crippen MR) is 55.2 cm³/mol. The lowest BCUT2D eigenvalue weighted by molar-refractivity contribution is -0.122. The average Bonchev–Trinajstić information content (AvgIpc) is 2.17. The third-order valence-electron chi connectivity index (χ3n) is 1.56. The third kappa shape index (κ3) is 4.17. The molecular weight excluding hydrogens is 188 g/mol. The van der Waals surface area contributed by atoms with Crippen LogP contribution in [0.4, 0.5) is 0 Å². The van der Waals surface area contributed by atoms with Crippen molar-refractivity contribution in [3.05, 3.63) is 0 Å². The Hall–Kier alpha value is -0.710. The molecule has 1 atom stereocenters. The molecule has 0 bridgehead atoms. The summed E-state index contributed by atoms with van der Waals surface area (Å²) in [7, 11) is 1.57. The molecule has 0 aromatic heterocycles. The lowest BCUT2D eigenvalue weighted by Crippen LogP contribution is -2.29. The highest BCUT2D eigenvalue weighted by Crippen LogP contribution is 2.14. The molecule has 0 aliphatic rings. The fourth-order valence-electron chi connectivity index (χ4n) is 0.776. The van der Waals surface area contributed by atoms with E-state index in [1.807, 2.05) is 6.92 Å². The zero-order valence-corrected chi connectivity index (χ0v) is 9.02. The van der Waals surface area contributed by atoms with Gasteiger partial charge in [0.15, 0.2) is 0 Å². The van der Waals surface area contributed by atoms with Crippen LogP contribution in [0.2, 0.25) is 0 Å². The Morgan fingerprint density at radius 3 is 2.69 bits per heavy atom. The van der Waals surface area contributed by atoms with Crippen LogP contribution in [0.3, 0.4) is 0 Å². The van der Waals surface area contributed by atoms with Gasteiger partial charge in [-0.1, -0.05) is 12.1 Å². The number of hydrogen-bond donors (Lipinski definition) is 2. The van der Waals surface area contributed by atoms with Crippen LogP contribution in [0.1, 0.15) is 20.3 Å². The Labute approximate surface area is 82.8 Å². The monoisotopic (exact) mass is 204 g/mol. The standard InChI is InChI=1S/C8H16N2O2S/c1-4-5-13-8(10-12)6(2)7(11)9-3/h6,12H,4-5H2,1-3H3,(H,9,11). The van der Waals surface area contributed by atoms with Crippen molar-refractivity contribution in [3.8, 4) is 0 Å². The number of amides is 1. The van der Waals surface area contributed by atoms with E-state index >= 15 is 0 Å². The summed E-state index contributed by atoms with van der Waals surface area (Å²) in [5.74, 6) is 0.365. The predicted octanol–water partition coefficient (Wildman–Crippen LogP) is 1.30. The molecule has 1 unspecified atom stereocenters. The van der Waals surface area contributed by atoms with Gasteiger partial charge in [0.2, 0.25) is 5.91 Å². The highest BCUT2D eigenvalue weighted by molar-refractivity contribution is 8.14. The SMILES string of the molecule is CCCSC(=NO)C(C)C(=O)NC. The van der Waals surface area contributed by atoms with Crippen LogP contribution in [-0.4, -0.2) is 29.0 Å². The van der Waals surface area contributed by atoms with Crippen LogP contribution in [0, 0.1) is 5.92 Å². The molecule has 0 aliphatic carbocycles. The summed E-state index contributed by atoms with van der Waals surface area (Å²) in [5.41, 5.74) is 0. The minimum atomic E-state index is -0.369. The molecular formula is C8H16N2O2S. The summed E-state index contributed by atoms with van der Waals surface area (Å²) in [6.07, 6.45) is 0.990. The van der Waals surface area contributed by atoms with Gasteiger partial charge < -0.3 is 10.5 Å². The molecule has 0 aromatic carbocycles. The number of oxime groups is 1. The van der Waals surface area contributed by atoms with Gasteiger partial charge in [0.1, 0.15) is 5.04 Å². The highest BCUT2D eigenvalue weighted by Gasteiger charge is 2.18. The molecule has 1 amide bonds. The Morgan fingerprint density at radius 1 is 1.69 bits per heavy atom. The van der Waals surface area contributed by atoms with E-state index in [0.29, 0.717) is 5.04 Å². The van der Waals surface area contributed by atoms with Crippen LogP contribution in [-0.2, 0) is 4.79 Å². The number of nitrogens with one attached hydrogen (secondary N) is 1. The Balaban J connectivity index is 4.16. The summed E-state index contributed by atoms with van der Waals surface area (Å²) in [5, 5.41) is 14.8. The van der Waals surface area contributed by atoms with E-state index in [1.54, 1.807) is 14.0 Å². The lowest BCUT2D eigenvalue weighted by Gasteiger charge is -2.10. The van der Waals surface area contributed by atoms with E-state index < -0.39 is 0 Å². The van der Waals surface area contributed by atoms with Gasteiger partial charge in [-0.3, -0.25) is 4.79 Å². The second-order valence-electron chi connectivity index (χ2n) is 2.62. The van der Waals surface area contributed by atoms with E-state index in [2.05, 4.69) is 10.5 Å². The van der Waals surface area contributed by atoms with Gasteiger partial charge in [-0.25, -0.2) is 0 Å². The van der Waals surface area contributed by atoms with E-state index in [1.165, 1.54) is 11.8 Å². The summed E-state index contributed by atoms with van der Waals surface area (Å²) in [6, 6.07) is 0. The van der Waals surface area contributed by atoms with Gasteiger partial charge in [-0.2, -0.15) is 0 Å². The molecule has 0 saturated heterocycles. The molecule has 0 aliphatic heterocycles. The molecule has 0 spiro atoms. The van der Waals surface area contributed by atoms with Crippen molar-refractivity contribution in [2.75, 3.05) is 12.8 Å². The Bertz CT molecular complexity index is 195. The molecule has 5 heteroatoms. The summed E-state index contributed by atoms with van der Waals surface area (Å²) in [4.78, 5) is 11.2. The molecule has 4 nitrogen and oxygen atoms in total. The number of carbonyl (C=O) groups is 1. The van der Waals surface area contributed by atoms with E-state index in [9.17, 15) is 4.79 Å². The second kappa shape index (κ2) is 6.77. The number of carbonyl (C=O) groups excluding carboxylic acids is 1. The first-order valence-electron chi connectivity index (χ1n) is 4.23. The van der Waals surface area contributed by atoms with Crippen LogP contribution in [0.15, 0.2) is 5.16 Å². The molecule has 0 radical (unpaired) electrons. The van der Waals surface area contributed by atoms with Gasteiger partial charge in [-0.05, 0) is 19.1 Å². The van der Waals surface area contributed by atoms with Crippen molar-refractivity contribution in [3.63, 3.8) is 0 Å². The molecule has 0 fully saturated rings. The fraction of sp³-hybridized carbons (Fsp3) is 0.750. The van der Waals surface area contributed by atoms with Crippen molar-refractivity contribution in [2.24, 2.45) is 11.1 Å². The number of hydrogen-bond acceptors (Lipinski definition) is 4. The zero-order chi connectivity index (χ0) is 10.3. The maximum atomic E-state index is 11.2. The number of nitrogens with zero attached hydrogens (tertiary/aromatic N) is 1. The maximum Gasteiger partial charge on any atom is 0.229 e. The van der Waals surface area contributed by atoms with Crippen molar-refractivity contribution in [1.82, 2.24) is 5.32 Å². The molecule has 0 heterocycles. The maximum absolute atomic E-state index is 11.2. The summed E-state index contributed by atoms with van der Waals surface area (Å²) in [6.45, 7) is 3.75. The highest BCUT2D eigenvalue weighted by atomic mass is 32.2. The molecule has 0 aromatic rings. The van der Waals surface area contributed by atoms with Crippen molar-refractivity contribution >= 4 is 22.7 Å². The topological polar surface area (TPSA) is 61.7 Å². The molecule has 13 heavy (non-hydrogen) atoms. The number of thioether (sulfide) groups is 1. The average molecular weight is 204 g/mol. The molecule has 2 N–H and O–H groups in total. The van der Waals surface area contributed by atoms with Gasteiger partial charge in [-0.15, -0.1) is 11.8 Å². The zero-order valence-electron chi connectivity index (χ0n) is 8.20. The second-order valence-corrected chi connectivity index (χ2v) is 3.74. The van der Waals surface area contributed by atoms with E-state index in [-0.39, 0.29) is 11.8 Å². The van der Waals surface area contributed by atoms with Crippen molar-refractivity contribution in [2.45, 2.75) is 20.3 Å². The van der Waals surface area contributed by atoms with Gasteiger partial charge in [0, 0.05) is 7.05 Å². The smallest absolute Gasteiger partial charge is 0.229 e. The Kier molecular flexibility index (Phi) is 6.40. The van der Waals surface area contributed by atoms with Crippen LogP contribution in [0.25, 0.3) is 0 Å². The fourth-order valence-corrected chi connectivity index (χ4v) is 1.60. The first-order chi connectivity index (χ1) is 6.17. The van der Waals surface area contributed by atoms with Crippen LogP contribution < -0.4 is 5.32 Å². The minimum Gasteiger partial charge on any atom is -0.410 e. The Morgan fingerprint density at radius 2 is 2.31 bits per heavy atom.